The highest BCUT2D eigenvalue weighted by atomic mass is 32.2. The van der Waals surface area contributed by atoms with Crippen LogP contribution in [0.4, 0.5) is 19.1 Å². The Balaban J connectivity index is 1.88. The van der Waals surface area contributed by atoms with Crippen LogP contribution in [0.5, 0.6) is 0 Å². The Kier molecular flexibility index (Phi) is 8.03. The molecule has 1 aromatic heterocycles. The average molecular weight is 439 g/mol. The average Bonchev–Trinajstić information content (AvgIpc) is 3.08. The zero-order valence-electron chi connectivity index (χ0n) is 17.2. The lowest BCUT2D eigenvalue weighted by atomic mass is 10.0. The van der Waals surface area contributed by atoms with E-state index in [2.05, 4.69) is 10.5 Å². The Morgan fingerprint density at radius 3 is 2.66 bits per heavy atom. The van der Waals surface area contributed by atoms with Gasteiger partial charge >= 0.3 is 6.18 Å². The van der Waals surface area contributed by atoms with Gasteiger partial charge in [-0.15, -0.1) is 11.8 Å². The first-order chi connectivity index (χ1) is 13.4. The van der Waals surface area contributed by atoms with Crippen molar-refractivity contribution in [1.82, 2.24) is 5.16 Å². The van der Waals surface area contributed by atoms with Crippen LogP contribution in [0, 0.1) is 0 Å². The van der Waals surface area contributed by atoms with Gasteiger partial charge in [0.15, 0.2) is 6.29 Å². The Morgan fingerprint density at radius 2 is 2.03 bits per heavy atom. The van der Waals surface area contributed by atoms with Crippen LogP contribution in [0.25, 0.3) is 0 Å². The largest absolute Gasteiger partial charge is 0.389 e. The number of amides is 1. The lowest BCUT2D eigenvalue weighted by molar-refractivity contribution is -0.220. The number of thioether (sulfide) groups is 1. The molecule has 0 saturated carbocycles. The number of alkyl halides is 3. The molecule has 166 valence electrons. The summed E-state index contributed by atoms with van der Waals surface area (Å²) >= 11 is 1.17. The summed E-state index contributed by atoms with van der Waals surface area (Å²) < 4.78 is 52.6. The quantitative estimate of drug-likeness (QED) is 0.531. The summed E-state index contributed by atoms with van der Waals surface area (Å²) in [6, 6.07) is 1.59. The van der Waals surface area contributed by atoms with E-state index in [1.807, 2.05) is 13.8 Å². The maximum atomic E-state index is 12.5. The van der Waals surface area contributed by atoms with Crippen molar-refractivity contribution >= 4 is 23.6 Å². The van der Waals surface area contributed by atoms with E-state index in [-0.39, 0.29) is 30.3 Å². The standard InChI is InChI=1S/C19H29F3N2O4S/c1-17(2,27-15-8-5-6-10-26-15)13-12-14(28-24-13)23-16(25)18(3,4)29-11-7-9-19(20,21)22/h12,15H,5-11H2,1-4H3,(H,23,25). The van der Waals surface area contributed by atoms with Gasteiger partial charge in [0.2, 0.25) is 11.8 Å². The van der Waals surface area contributed by atoms with Crippen LogP contribution in [-0.4, -0.2) is 40.6 Å². The third-order valence-electron chi connectivity index (χ3n) is 4.54. The molecule has 0 aliphatic carbocycles. The van der Waals surface area contributed by atoms with Gasteiger partial charge in [0.1, 0.15) is 11.3 Å². The molecule has 10 heteroatoms. The molecule has 29 heavy (non-hydrogen) atoms. The predicted molar refractivity (Wildman–Crippen MR) is 105 cm³/mol. The highest BCUT2D eigenvalue weighted by Crippen LogP contribution is 2.32. The van der Waals surface area contributed by atoms with Crippen LogP contribution in [0.15, 0.2) is 10.6 Å². The van der Waals surface area contributed by atoms with Crippen molar-refractivity contribution in [2.75, 3.05) is 17.7 Å². The Morgan fingerprint density at radius 1 is 1.31 bits per heavy atom. The Bertz CT molecular complexity index is 671. The van der Waals surface area contributed by atoms with Gasteiger partial charge < -0.3 is 14.0 Å². The first-order valence-electron chi connectivity index (χ1n) is 9.68. The molecule has 0 radical (unpaired) electrons. The second kappa shape index (κ2) is 9.70. The molecule has 1 aliphatic heterocycles. The van der Waals surface area contributed by atoms with Gasteiger partial charge in [-0.3, -0.25) is 10.1 Å². The zero-order valence-corrected chi connectivity index (χ0v) is 18.0. The lowest BCUT2D eigenvalue weighted by Crippen LogP contribution is -2.34. The SMILES string of the molecule is CC(C)(SCCCC(F)(F)F)C(=O)Nc1cc(C(C)(C)OC2CCCCO2)no1. The lowest BCUT2D eigenvalue weighted by Gasteiger charge is -2.31. The fraction of sp³-hybridized carbons (Fsp3) is 0.789. The summed E-state index contributed by atoms with van der Waals surface area (Å²) in [5, 5.41) is 6.63. The smallest absolute Gasteiger partial charge is 0.353 e. The number of nitrogens with zero attached hydrogens (tertiary/aromatic N) is 1. The van der Waals surface area contributed by atoms with E-state index in [9.17, 15) is 18.0 Å². The monoisotopic (exact) mass is 438 g/mol. The third kappa shape index (κ3) is 7.82. The second-order valence-electron chi connectivity index (χ2n) is 8.03. The number of rotatable bonds is 9. The van der Waals surface area contributed by atoms with Crippen LogP contribution in [0.1, 0.15) is 65.5 Å². The number of carbonyl (C=O) groups excluding carboxylic acids is 1. The molecule has 6 nitrogen and oxygen atoms in total. The zero-order chi connectivity index (χ0) is 21.7. The molecular weight excluding hydrogens is 409 g/mol. The van der Waals surface area contributed by atoms with E-state index < -0.39 is 22.9 Å². The number of halogens is 3. The van der Waals surface area contributed by atoms with Gasteiger partial charge in [0.05, 0.1) is 4.75 Å². The van der Waals surface area contributed by atoms with Crippen LogP contribution in [0.3, 0.4) is 0 Å². The number of anilines is 1. The van der Waals surface area contributed by atoms with E-state index in [0.29, 0.717) is 12.3 Å². The molecule has 1 amide bonds. The van der Waals surface area contributed by atoms with Crippen molar-refractivity contribution < 1.29 is 32.0 Å². The predicted octanol–water partition coefficient (Wildman–Crippen LogP) is 5.25. The van der Waals surface area contributed by atoms with Crippen LogP contribution < -0.4 is 5.32 Å². The molecule has 1 unspecified atom stereocenters. The van der Waals surface area contributed by atoms with E-state index in [0.717, 1.165) is 19.3 Å². The summed E-state index contributed by atoms with van der Waals surface area (Å²) in [6.07, 6.45) is -2.51. The summed E-state index contributed by atoms with van der Waals surface area (Å²) in [4.78, 5) is 12.5. The minimum absolute atomic E-state index is 0.0356. The van der Waals surface area contributed by atoms with E-state index >= 15 is 0 Å². The number of ether oxygens (including phenoxy) is 2. The van der Waals surface area contributed by atoms with E-state index in [1.165, 1.54) is 11.8 Å². The van der Waals surface area contributed by atoms with Crippen molar-refractivity contribution in [1.29, 1.82) is 0 Å². The molecule has 0 spiro atoms. The molecule has 1 aromatic rings. The van der Waals surface area contributed by atoms with Crippen LogP contribution in [-0.2, 0) is 19.9 Å². The van der Waals surface area contributed by atoms with Gasteiger partial charge in [-0.25, -0.2) is 0 Å². The van der Waals surface area contributed by atoms with Gasteiger partial charge in [-0.1, -0.05) is 5.16 Å². The van der Waals surface area contributed by atoms with Gasteiger partial charge in [-0.05, 0) is 59.1 Å². The van der Waals surface area contributed by atoms with Gasteiger partial charge in [0.25, 0.3) is 0 Å². The molecule has 1 N–H and O–H groups in total. The highest BCUT2D eigenvalue weighted by Gasteiger charge is 2.33. The van der Waals surface area contributed by atoms with Crippen LogP contribution >= 0.6 is 11.8 Å². The highest BCUT2D eigenvalue weighted by molar-refractivity contribution is 8.01. The summed E-state index contributed by atoms with van der Waals surface area (Å²) in [6.45, 7) is 7.66. The minimum atomic E-state index is -4.18. The molecule has 1 saturated heterocycles. The number of nitrogens with one attached hydrogen (secondary N) is 1. The first kappa shape index (κ1) is 24.0. The van der Waals surface area contributed by atoms with Crippen molar-refractivity contribution in [2.24, 2.45) is 0 Å². The molecule has 1 aliphatic rings. The summed E-state index contributed by atoms with van der Waals surface area (Å²) in [7, 11) is 0. The topological polar surface area (TPSA) is 73.6 Å². The number of aromatic nitrogens is 1. The number of carbonyl (C=O) groups is 1. The van der Waals surface area contributed by atoms with Crippen molar-refractivity contribution in [3.63, 3.8) is 0 Å². The molecule has 1 atom stereocenters. The Labute approximate surface area is 173 Å². The molecule has 0 aromatic carbocycles. The fourth-order valence-corrected chi connectivity index (χ4v) is 3.72. The summed E-state index contributed by atoms with van der Waals surface area (Å²) in [5.41, 5.74) is -0.256. The van der Waals surface area contributed by atoms with Crippen molar-refractivity contribution in [3.05, 3.63) is 11.8 Å². The molecule has 1 fully saturated rings. The number of hydrogen-bond donors (Lipinski definition) is 1. The maximum Gasteiger partial charge on any atom is 0.389 e. The van der Waals surface area contributed by atoms with Crippen LogP contribution in [0.2, 0.25) is 0 Å². The molecular formula is C19H29F3N2O4S. The van der Waals surface area contributed by atoms with Crippen molar-refractivity contribution in [3.8, 4) is 0 Å². The Hall–Kier alpha value is -1.26. The molecule has 2 heterocycles. The fourth-order valence-electron chi connectivity index (χ4n) is 2.74. The number of hydrogen-bond acceptors (Lipinski definition) is 6. The third-order valence-corrected chi connectivity index (χ3v) is 5.94. The van der Waals surface area contributed by atoms with Gasteiger partial charge in [-0.2, -0.15) is 13.2 Å². The second-order valence-corrected chi connectivity index (χ2v) is 9.75. The maximum absolute atomic E-state index is 12.5. The molecule has 2 rings (SSSR count). The van der Waals surface area contributed by atoms with Gasteiger partial charge in [0, 0.05) is 19.1 Å². The normalized spacial score (nSPS) is 18.7. The molecule has 0 bridgehead atoms. The summed E-state index contributed by atoms with van der Waals surface area (Å²) in [5.74, 6) is 0.0193. The minimum Gasteiger partial charge on any atom is -0.353 e. The first-order valence-corrected chi connectivity index (χ1v) is 10.7. The van der Waals surface area contributed by atoms with Crippen molar-refractivity contribution in [2.45, 2.75) is 82.6 Å². The van der Waals surface area contributed by atoms with E-state index in [1.54, 1.807) is 19.9 Å². The van der Waals surface area contributed by atoms with E-state index in [4.69, 9.17) is 14.0 Å².